The molecule has 22 heavy (non-hydrogen) atoms. The van der Waals surface area contributed by atoms with Crippen LogP contribution in [0.3, 0.4) is 0 Å². The third-order valence-electron chi connectivity index (χ3n) is 5.43. The molecule has 0 aliphatic heterocycles. The monoisotopic (exact) mass is 301 g/mol. The van der Waals surface area contributed by atoms with Crippen molar-refractivity contribution in [3.63, 3.8) is 0 Å². The highest BCUT2D eigenvalue weighted by Crippen LogP contribution is 2.29. The summed E-state index contributed by atoms with van der Waals surface area (Å²) in [7, 11) is 0. The van der Waals surface area contributed by atoms with Crippen molar-refractivity contribution in [1.29, 1.82) is 0 Å². The van der Waals surface area contributed by atoms with Gasteiger partial charge in [0.2, 0.25) is 0 Å². The Bertz CT molecular complexity index is 390. The Hall–Kier alpha value is -1.09. The average Bonchev–Trinajstić information content (AvgIpc) is 2.61. The number of nitrogens with one attached hydrogen (secondary N) is 1. The lowest BCUT2D eigenvalue weighted by atomic mass is 9.88. The number of nitrogens with zero attached hydrogens (tertiary/aromatic N) is 2. The van der Waals surface area contributed by atoms with Gasteiger partial charge in [0.15, 0.2) is 0 Å². The van der Waals surface area contributed by atoms with E-state index in [0.29, 0.717) is 0 Å². The smallest absolute Gasteiger partial charge is 0.125 e. The molecule has 122 valence electrons. The minimum Gasteiger partial charge on any atom is -0.369 e. The van der Waals surface area contributed by atoms with Crippen LogP contribution in [0, 0.1) is 0 Å². The molecule has 3 rings (SSSR count). The summed E-state index contributed by atoms with van der Waals surface area (Å²) in [5, 5.41) is 3.50. The van der Waals surface area contributed by atoms with Gasteiger partial charge in [-0.25, -0.2) is 4.98 Å². The molecule has 0 unspecified atom stereocenters. The highest BCUT2D eigenvalue weighted by atomic mass is 15.2. The van der Waals surface area contributed by atoms with Crippen LogP contribution in [0.5, 0.6) is 0 Å². The molecule has 2 saturated carbocycles. The molecule has 1 N–H and O–H groups in total. The molecule has 2 fully saturated rings. The molecule has 0 spiro atoms. The number of aromatic nitrogens is 1. The van der Waals surface area contributed by atoms with Crippen molar-refractivity contribution < 1.29 is 0 Å². The molecule has 2 aliphatic rings. The number of hydrogen-bond donors (Lipinski definition) is 1. The standard InChI is InChI=1S/C19H31N3/c1-3-9-17(10-4-1)22(18-11-5-2-6-12-18)16-15-21-19-13-7-8-14-20-19/h7-8,13-14,17-18H,1-6,9-12,15-16H2,(H,20,21). The van der Waals surface area contributed by atoms with Gasteiger partial charge in [0.25, 0.3) is 0 Å². The van der Waals surface area contributed by atoms with Gasteiger partial charge in [0.05, 0.1) is 0 Å². The Labute approximate surface area is 135 Å². The summed E-state index contributed by atoms with van der Waals surface area (Å²) in [4.78, 5) is 7.23. The van der Waals surface area contributed by atoms with E-state index in [2.05, 4.69) is 27.3 Å². The van der Waals surface area contributed by atoms with Gasteiger partial charge in [-0.2, -0.15) is 0 Å². The van der Waals surface area contributed by atoms with Crippen LogP contribution >= 0.6 is 0 Å². The van der Waals surface area contributed by atoms with Crippen molar-refractivity contribution >= 4 is 5.82 Å². The minimum atomic E-state index is 0.836. The van der Waals surface area contributed by atoms with E-state index in [1.807, 2.05) is 12.3 Å². The summed E-state index contributed by atoms with van der Waals surface area (Å²) in [5.41, 5.74) is 0. The summed E-state index contributed by atoms with van der Waals surface area (Å²) < 4.78 is 0. The predicted octanol–water partition coefficient (Wildman–Crippen LogP) is 4.46. The maximum absolute atomic E-state index is 4.37. The summed E-state index contributed by atoms with van der Waals surface area (Å²) >= 11 is 0. The maximum Gasteiger partial charge on any atom is 0.125 e. The van der Waals surface area contributed by atoms with Gasteiger partial charge in [-0.1, -0.05) is 44.6 Å². The lowest BCUT2D eigenvalue weighted by molar-refractivity contribution is 0.0853. The van der Waals surface area contributed by atoms with Gasteiger partial charge in [-0.15, -0.1) is 0 Å². The molecule has 0 bridgehead atoms. The third-order valence-corrected chi connectivity index (χ3v) is 5.43. The molecule has 0 amide bonds. The van der Waals surface area contributed by atoms with Crippen molar-refractivity contribution in [2.45, 2.75) is 76.3 Å². The van der Waals surface area contributed by atoms with E-state index in [1.165, 1.54) is 70.8 Å². The quantitative estimate of drug-likeness (QED) is 0.840. The topological polar surface area (TPSA) is 28.2 Å². The zero-order valence-electron chi connectivity index (χ0n) is 13.8. The normalized spacial score (nSPS) is 21.1. The van der Waals surface area contributed by atoms with Crippen molar-refractivity contribution in [2.24, 2.45) is 0 Å². The molecule has 0 radical (unpaired) electrons. The fourth-order valence-electron chi connectivity index (χ4n) is 4.27. The highest BCUT2D eigenvalue weighted by molar-refractivity contribution is 5.32. The second-order valence-electron chi connectivity index (χ2n) is 6.96. The Morgan fingerprint density at radius 1 is 0.909 bits per heavy atom. The Morgan fingerprint density at radius 2 is 1.55 bits per heavy atom. The largest absolute Gasteiger partial charge is 0.369 e. The van der Waals surface area contributed by atoms with Gasteiger partial charge in [-0.3, -0.25) is 4.90 Å². The van der Waals surface area contributed by atoms with Crippen LogP contribution in [0.25, 0.3) is 0 Å². The van der Waals surface area contributed by atoms with Crippen molar-refractivity contribution in [2.75, 3.05) is 18.4 Å². The molecule has 0 aromatic carbocycles. The van der Waals surface area contributed by atoms with Crippen LogP contribution in [0.15, 0.2) is 24.4 Å². The molecule has 3 nitrogen and oxygen atoms in total. The van der Waals surface area contributed by atoms with E-state index in [-0.39, 0.29) is 0 Å². The van der Waals surface area contributed by atoms with Gasteiger partial charge < -0.3 is 5.32 Å². The summed E-state index contributed by atoms with van der Waals surface area (Å²) in [5.74, 6) is 1.01. The molecular weight excluding hydrogens is 270 g/mol. The second-order valence-corrected chi connectivity index (χ2v) is 6.96. The highest BCUT2D eigenvalue weighted by Gasteiger charge is 2.28. The van der Waals surface area contributed by atoms with Crippen molar-refractivity contribution in [1.82, 2.24) is 9.88 Å². The molecule has 0 saturated heterocycles. The van der Waals surface area contributed by atoms with E-state index in [4.69, 9.17) is 0 Å². The first-order valence-electron chi connectivity index (χ1n) is 9.34. The van der Waals surface area contributed by atoms with Crippen LogP contribution in [-0.4, -0.2) is 35.1 Å². The first-order chi connectivity index (χ1) is 10.9. The molecule has 0 atom stereocenters. The van der Waals surface area contributed by atoms with E-state index >= 15 is 0 Å². The van der Waals surface area contributed by atoms with E-state index in [1.54, 1.807) is 0 Å². The van der Waals surface area contributed by atoms with Crippen LogP contribution < -0.4 is 5.32 Å². The zero-order valence-corrected chi connectivity index (χ0v) is 13.8. The van der Waals surface area contributed by atoms with E-state index in [0.717, 1.165) is 24.4 Å². The molecular formula is C19H31N3. The Morgan fingerprint density at radius 3 is 2.09 bits per heavy atom. The van der Waals surface area contributed by atoms with E-state index in [9.17, 15) is 0 Å². The van der Waals surface area contributed by atoms with Crippen LogP contribution in [0.2, 0.25) is 0 Å². The number of anilines is 1. The SMILES string of the molecule is c1ccc(NCCN(C2CCCCC2)C2CCCCC2)nc1. The third kappa shape index (κ3) is 4.45. The fourth-order valence-corrected chi connectivity index (χ4v) is 4.27. The first-order valence-corrected chi connectivity index (χ1v) is 9.34. The van der Waals surface area contributed by atoms with Crippen molar-refractivity contribution in [3.05, 3.63) is 24.4 Å². The summed E-state index contributed by atoms with van der Waals surface area (Å²) in [6.07, 6.45) is 16.2. The Kier molecular flexibility index (Phi) is 6.11. The Balaban J connectivity index is 1.55. The number of hydrogen-bond acceptors (Lipinski definition) is 3. The van der Waals surface area contributed by atoms with Gasteiger partial charge in [0.1, 0.15) is 5.82 Å². The molecule has 3 heteroatoms. The van der Waals surface area contributed by atoms with Crippen LogP contribution in [-0.2, 0) is 0 Å². The minimum absolute atomic E-state index is 0.836. The predicted molar refractivity (Wildman–Crippen MR) is 93.2 cm³/mol. The summed E-state index contributed by atoms with van der Waals surface area (Å²) in [6.45, 7) is 2.19. The fraction of sp³-hybridized carbons (Fsp3) is 0.737. The van der Waals surface area contributed by atoms with Gasteiger partial charge in [-0.05, 0) is 37.8 Å². The summed E-state index contributed by atoms with van der Waals surface area (Å²) in [6, 6.07) is 7.76. The van der Waals surface area contributed by atoms with Crippen LogP contribution in [0.4, 0.5) is 5.82 Å². The number of pyridine rings is 1. The van der Waals surface area contributed by atoms with Crippen LogP contribution in [0.1, 0.15) is 64.2 Å². The lowest BCUT2D eigenvalue weighted by Gasteiger charge is -2.41. The zero-order chi connectivity index (χ0) is 15.0. The lowest BCUT2D eigenvalue weighted by Crippen LogP contribution is -2.47. The van der Waals surface area contributed by atoms with E-state index < -0.39 is 0 Å². The molecule has 1 aromatic heterocycles. The molecule has 1 aromatic rings. The van der Waals surface area contributed by atoms with Gasteiger partial charge >= 0.3 is 0 Å². The van der Waals surface area contributed by atoms with Crippen molar-refractivity contribution in [3.8, 4) is 0 Å². The van der Waals surface area contributed by atoms with Gasteiger partial charge in [0, 0.05) is 31.4 Å². The number of rotatable bonds is 6. The average molecular weight is 301 g/mol. The molecule has 2 aliphatic carbocycles. The maximum atomic E-state index is 4.37. The first kappa shape index (κ1) is 15.8. The molecule has 1 heterocycles. The second kappa shape index (κ2) is 8.52.